The number of nitrogens with zero attached hydrogens (tertiary/aromatic N) is 1. The van der Waals surface area contributed by atoms with Gasteiger partial charge in [-0.15, -0.1) is 0 Å². The third kappa shape index (κ3) is 3.78. The molecule has 1 aromatic rings. The van der Waals surface area contributed by atoms with Crippen LogP contribution in [0.25, 0.3) is 0 Å². The second-order valence-electron chi connectivity index (χ2n) is 10.9. The van der Waals surface area contributed by atoms with Crippen molar-refractivity contribution in [3.05, 3.63) is 28.8 Å². The number of hydrogen-bond acceptors (Lipinski definition) is 3. The van der Waals surface area contributed by atoms with Crippen molar-refractivity contribution in [1.82, 2.24) is 5.43 Å². The maximum absolute atomic E-state index is 13.1. The van der Waals surface area contributed by atoms with Gasteiger partial charge < -0.3 is 5.11 Å². The number of hydrogen-bond donors (Lipinski definition) is 2. The van der Waals surface area contributed by atoms with Crippen molar-refractivity contribution in [3.63, 3.8) is 0 Å². The van der Waals surface area contributed by atoms with Crippen molar-refractivity contribution < 1.29 is 9.90 Å². The van der Waals surface area contributed by atoms with Crippen LogP contribution in [0.2, 0.25) is 0 Å². The fourth-order valence-corrected chi connectivity index (χ4v) is 6.84. The van der Waals surface area contributed by atoms with Crippen LogP contribution in [0.1, 0.15) is 113 Å². The molecule has 1 amide bonds. The van der Waals surface area contributed by atoms with Gasteiger partial charge in [0.15, 0.2) is 0 Å². The molecule has 164 valence electrons. The average molecular weight is 411 g/mol. The fourth-order valence-electron chi connectivity index (χ4n) is 6.84. The molecule has 1 aromatic carbocycles. The highest BCUT2D eigenvalue weighted by atomic mass is 16.3. The van der Waals surface area contributed by atoms with Crippen LogP contribution < -0.4 is 5.43 Å². The molecule has 30 heavy (non-hydrogen) atoms. The molecule has 2 N–H and O–H groups in total. The van der Waals surface area contributed by atoms with Gasteiger partial charge in [0.05, 0.1) is 5.56 Å². The third-order valence-electron chi connectivity index (χ3n) is 7.97. The van der Waals surface area contributed by atoms with Crippen LogP contribution in [-0.2, 0) is 0 Å². The van der Waals surface area contributed by atoms with E-state index in [2.05, 4.69) is 26.2 Å². The molecular formula is C26H38N2O2. The van der Waals surface area contributed by atoms with Crippen molar-refractivity contribution in [1.29, 1.82) is 0 Å². The largest absolute Gasteiger partial charge is 0.507 e. The van der Waals surface area contributed by atoms with Gasteiger partial charge in [-0.1, -0.05) is 40.7 Å². The van der Waals surface area contributed by atoms with E-state index < -0.39 is 0 Å². The molecule has 0 atom stereocenters. The first-order valence-corrected chi connectivity index (χ1v) is 12.0. The number of aromatic hydroxyl groups is 1. The Morgan fingerprint density at radius 1 is 1.07 bits per heavy atom. The lowest BCUT2D eigenvalue weighted by Crippen LogP contribution is -2.50. The molecule has 4 aliphatic carbocycles. The first-order chi connectivity index (χ1) is 14.2. The number of phenols is 1. The van der Waals surface area contributed by atoms with Crippen LogP contribution in [0.15, 0.2) is 17.2 Å². The molecule has 0 heterocycles. The maximum atomic E-state index is 13.1. The summed E-state index contributed by atoms with van der Waals surface area (Å²) in [5.74, 6) is 2.79. The van der Waals surface area contributed by atoms with E-state index in [1.165, 1.54) is 44.2 Å². The molecule has 0 saturated heterocycles. The summed E-state index contributed by atoms with van der Waals surface area (Å²) in [6, 6.07) is 3.85. The van der Waals surface area contributed by atoms with Crippen LogP contribution >= 0.6 is 0 Å². The lowest BCUT2D eigenvalue weighted by atomic mass is 9.48. The second kappa shape index (κ2) is 8.01. The molecule has 0 spiro atoms. The summed E-state index contributed by atoms with van der Waals surface area (Å²) in [7, 11) is 0. The Hall–Kier alpha value is -1.84. The normalized spacial score (nSPS) is 30.4. The van der Waals surface area contributed by atoms with E-state index in [0.29, 0.717) is 5.56 Å². The Balaban J connectivity index is 1.60. The zero-order valence-corrected chi connectivity index (χ0v) is 19.3. The van der Waals surface area contributed by atoms with Crippen molar-refractivity contribution in [3.8, 4) is 5.75 Å². The van der Waals surface area contributed by atoms with Gasteiger partial charge in [-0.3, -0.25) is 4.79 Å². The van der Waals surface area contributed by atoms with E-state index in [4.69, 9.17) is 5.10 Å². The lowest BCUT2D eigenvalue weighted by Gasteiger charge is -2.57. The Bertz CT molecular complexity index is 818. The minimum absolute atomic E-state index is 0.0925. The molecule has 4 saturated carbocycles. The van der Waals surface area contributed by atoms with Crippen molar-refractivity contribution in [2.45, 2.75) is 91.4 Å². The van der Waals surface area contributed by atoms with E-state index in [-0.39, 0.29) is 28.9 Å². The molecule has 0 unspecified atom stereocenters. The SMILES string of the molecule is CCC(=NNC(=O)c1cc(C(C)C)cc(C(C)C)c1O)C12CC3CC(CC(C3)C1)C2. The van der Waals surface area contributed by atoms with E-state index >= 15 is 0 Å². The highest BCUT2D eigenvalue weighted by Gasteiger charge is 2.52. The van der Waals surface area contributed by atoms with Crippen LogP contribution in [0.4, 0.5) is 0 Å². The summed E-state index contributed by atoms with van der Waals surface area (Å²) in [6.07, 6.45) is 8.80. The number of nitrogens with one attached hydrogen (secondary N) is 1. The van der Waals surface area contributed by atoms with Crippen LogP contribution in [0.3, 0.4) is 0 Å². The highest BCUT2D eigenvalue weighted by Crippen LogP contribution is 2.60. The minimum Gasteiger partial charge on any atom is -0.507 e. The number of phenolic OH excluding ortho intramolecular Hbond substituents is 1. The van der Waals surface area contributed by atoms with Gasteiger partial charge >= 0.3 is 0 Å². The number of carbonyl (C=O) groups excluding carboxylic acids is 1. The summed E-state index contributed by atoms with van der Waals surface area (Å²) in [5.41, 5.74) is 6.44. The first-order valence-electron chi connectivity index (χ1n) is 12.0. The minimum atomic E-state index is -0.299. The summed E-state index contributed by atoms with van der Waals surface area (Å²) in [5, 5.41) is 15.5. The van der Waals surface area contributed by atoms with Crippen molar-refractivity contribution in [2.24, 2.45) is 28.3 Å². The smallest absolute Gasteiger partial charge is 0.275 e. The number of amides is 1. The summed E-state index contributed by atoms with van der Waals surface area (Å²) in [4.78, 5) is 13.1. The van der Waals surface area contributed by atoms with Crippen LogP contribution in [-0.4, -0.2) is 16.7 Å². The number of rotatable bonds is 6. The Labute approximate surface area is 181 Å². The molecular weight excluding hydrogens is 372 g/mol. The molecule has 0 aromatic heterocycles. The predicted octanol–water partition coefficient (Wildman–Crippen LogP) is 6.35. The van der Waals surface area contributed by atoms with Crippen LogP contribution in [0.5, 0.6) is 5.75 Å². The van der Waals surface area contributed by atoms with E-state index in [0.717, 1.165) is 35.3 Å². The Kier molecular flexibility index (Phi) is 5.71. The molecule has 4 nitrogen and oxygen atoms in total. The van der Waals surface area contributed by atoms with Crippen LogP contribution in [0, 0.1) is 23.2 Å². The number of hydrazone groups is 1. The molecule has 0 aliphatic heterocycles. The van der Waals surface area contributed by atoms with Crippen molar-refractivity contribution >= 4 is 11.6 Å². The molecule has 4 aliphatic rings. The number of benzene rings is 1. The zero-order chi connectivity index (χ0) is 21.6. The van der Waals surface area contributed by atoms with E-state index in [1.807, 2.05) is 26.0 Å². The van der Waals surface area contributed by atoms with E-state index in [1.54, 1.807) is 0 Å². The monoisotopic (exact) mass is 410 g/mol. The number of carbonyl (C=O) groups is 1. The molecule has 5 rings (SSSR count). The topological polar surface area (TPSA) is 61.7 Å². The van der Waals surface area contributed by atoms with Gasteiger partial charge in [-0.25, -0.2) is 5.43 Å². The maximum Gasteiger partial charge on any atom is 0.275 e. The van der Waals surface area contributed by atoms with Gasteiger partial charge in [0, 0.05) is 11.1 Å². The molecule has 0 radical (unpaired) electrons. The first kappa shape index (κ1) is 21.4. The van der Waals surface area contributed by atoms with Gasteiger partial charge in [-0.05, 0) is 91.7 Å². The standard InChI is InChI=1S/C26H38N2O2/c1-6-23(26-12-17-7-18(13-26)9-19(8-17)14-26)27-28-25(30)22-11-20(15(2)3)10-21(16(4)5)24(22)29/h10-11,15-19,29H,6-9,12-14H2,1-5H3,(H,28,30). The molecule has 4 fully saturated rings. The van der Waals surface area contributed by atoms with Gasteiger partial charge in [0.25, 0.3) is 5.91 Å². The fraction of sp³-hybridized carbons (Fsp3) is 0.692. The summed E-state index contributed by atoms with van der Waals surface area (Å²) < 4.78 is 0. The second-order valence-corrected chi connectivity index (χ2v) is 10.9. The summed E-state index contributed by atoms with van der Waals surface area (Å²) >= 11 is 0. The van der Waals surface area contributed by atoms with Gasteiger partial charge in [0.2, 0.25) is 0 Å². The molecule has 4 heteroatoms. The van der Waals surface area contributed by atoms with E-state index in [9.17, 15) is 9.90 Å². The average Bonchev–Trinajstić information content (AvgIpc) is 2.66. The van der Waals surface area contributed by atoms with Gasteiger partial charge in [-0.2, -0.15) is 5.10 Å². The zero-order valence-electron chi connectivity index (χ0n) is 19.3. The predicted molar refractivity (Wildman–Crippen MR) is 122 cm³/mol. The Morgan fingerprint density at radius 3 is 2.10 bits per heavy atom. The third-order valence-corrected chi connectivity index (χ3v) is 7.97. The lowest BCUT2D eigenvalue weighted by molar-refractivity contribution is -0.0134. The van der Waals surface area contributed by atoms with Gasteiger partial charge in [0.1, 0.15) is 5.75 Å². The molecule has 4 bridgehead atoms. The quantitative estimate of drug-likeness (QED) is 0.424. The highest BCUT2D eigenvalue weighted by molar-refractivity contribution is 5.99. The van der Waals surface area contributed by atoms with Crippen molar-refractivity contribution in [2.75, 3.05) is 0 Å². The summed E-state index contributed by atoms with van der Waals surface area (Å²) in [6.45, 7) is 10.5. The Morgan fingerprint density at radius 2 is 1.63 bits per heavy atom.